The van der Waals surface area contributed by atoms with Crippen LogP contribution >= 0.6 is 0 Å². The Labute approximate surface area is 107 Å². The molecule has 0 saturated heterocycles. The van der Waals surface area contributed by atoms with Crippen molar-refractivity contribution in [1.82, 2.24) is 0 Å². The first-order chi connectivity index (χ1) is 8.70. The van der Waals surface area contributed by atoms with E-state index in [0.717, 1.165) is 18.4 Å². The third kappa shape index (κ3) is 2.96. The maximum Gasteiger partial charge on any atom is 0.123 e. The summed E-state index contributed by atoms with van der Waals surface area (Å²) in [5.41, 5.74) is 2.60. The van der Waals surface area contributed by atoms with Crippen molar-refractivity contribution in [2.45, 2.75) is 25.9 Å². The molecule has 0 aliphatic carbocycles. The summed E-state index contributed by atoms with van der Waals surface area (Å²) in [6.45, 7) is 2.12. The van der Waals surface area contributed by atoms with Crippen LogP contribution in [0.4, 0.5) is 4.39 Å². The van der Waals surface area contributed by atoms with E-state index in [9.17, 15) is 9.50 Å². The van der Waals surface area contributed by atoms with Gasteiger partial charge in [0.2, 0.25) is 0 Å². The van der Waals surface area contributed by atoms with Crippen molar-refractivity contribution < 1.29 is 9.50 Å². The number of hydrogen-bond donors (Lipinski definition) is 1. The number of halogens is 1. The molecule has 0 bridgehead atoms. The van der Waals surface area contributed by atoms with Gasteiger partial charge in [0.1, 0.15) is 11.9 Å². The fourth-order valence-electron chi connectivity index (χ4n) is 2.08. The monoisotopic (exact) mass is 244 g/mol. The molecule has 0 aliphatic heterocycles. The molecule has 0 aliphatic rings. The molecule has 2 rings (SSSR count). The molecule has 0 spiro atoms. The van der Waals surface area contributed by atoms with Crippen molar-refractivity contribution in [3.63, 3.8) is 0 Å². The van der Waals surface area contributed by atoms with E-state index >= 15 is 0 Å². The van der Waals surface area contributed by atoms with Crippen LogP contribution in [0.15, 0.2) is 48.5 Å². The molecule has 2 aromatic carbocycles. The van der Waals surface area contributed by atoms with Crippen LogP contribution in [0.5, 0.6) is 0 Å². The lowest BCUT2D eigenvalue weighted by Gasteiger charge is -2.12. The summed E-state index contributed by atoms with van der Waals surface area (Å²) in [5, 5.41) is 10.2. The van der Waals surface area contributed by atoms with Crippen LogP contribution in [-0.2, 0) is 6.42 Å². The largest absolute Gasteiger partial charge is 0.384 e. The highest BCUT2D eigenvalue weighted by Gasteiger charge is 2.11. The van der Waals surface area contributed by atoms with Crippen LogP contribution in [0.25, 0.3) is 0 Å². The Morgan fingerprint density at radius 2 is 1.72 bits per heavy atom. The molecular formula is C16H17FO. The lowest BCUT2D eigenvalue weighted by molar-refractivity contribution is 0.219. The highest BCUT2D eigenvalue weighted by atomic mass is 19.1. The zero-order valence-corrected chi connectivity index (χ0v) is 10.4. The highest BCUT2D eigenvalue weighted by molar-refractivity contribution is 5.32. The predicted molar refractivity (Wildman–Crippen MR) is 70.9 cm³/mol. The van der Waals surface area contributed by atoms with Crippen molar-refractivity contribution in [3.05, 3.63) is 71.0 Å². The quantitative estimate of drug-likeness (QED) is 0.865. The normalized spacial score (nSPS) is 12.4. The Morgan fingerprint density at radius 3 is 2.39 bits per heavy atom. The van der Waals surface area contributed by atoms with Crippen LogP contribution in [0, 0.1) is 5.82 Å². The summed E-state index contributed by atoms with van der Waals surface area (Å²) >= 11 is 0. The van der Waals surface area contributed by atoms with Gasteiger partial charge in [-0.2, -0.15) is 0 Å². The molecule has 1 atom stereocenters. The lowest BCUT2D eigenvalue weighted by Crippen LogP contribution is -2.00. The van der Waals surface area contributed by atoms with E-state index in [0.29, 0.717) is 5.56 Å². The Bertz CT molecular complexity index is 522. The van der Waals surface area contributed by atoms with Crippen molar-refractivity contribution in [2.24, 2.45) is 0 Å². The zero-order chi connectivity index (χ0) is 13.0. The van der Waals surface area contributed by atoms with Crippen LogP contribution in [0.2, 0.25) is 0 Å². The average Bonchev–Trinajstić information content (AvgIpc) is 2.39. The van der Waals surface area contributed by atoms with Crippen LogP contribution < -0.4 is 0 Å². The average molecular weight is 244 g/mol. The zero-order valence-electron chi connectivity index (χ0n) is 10.4. The third-order valence-corrected chi connectivity index (χ3v) is 2.97. The summed E-state index contributed by atoms with van der Waals surface area (Å²) in [4.78, 5) is 0. The van der Waals surface area contributed by atoms with Gasteiger partial charge < -0.3 is 5.11 Å². The lowest BCUT2D eigenvalue weighted by atomic mass is 9.98. The predicted octanol–water partition coefficient (Wildman–Crippen LogP) is 3.86. The van der Waals surface area contributed by atoms with E-state index in [2.05, 4.69) is 6.92 Å². The Balaban J connectivity index is 2.27. The van der Waals surface area contributed by atoms with Gasteiger partial charge in [0, 0.05) is 0 Å². The van der Waals surface area contributed by atoms with Crippen LogP contribution in [-0.4, -0.2) is 5.11 Å². The second-order valence-electron chi connectivity index (χ2n) is 4.45. The second kappa shape index (κ2) is 5.78. The van der Waals surface area contributed by atoms with E-state index in [4.69, 9.17) is 0 Å². The molecule has 2 aromatic rings. The molecular weight excluding hydrogens is 227 g/mol. The Kier molecular flexibility index (Phi) is 4.11. The maximum absolute atomic E-state index is 13.1. The topological polar surface area (TPSA) is 20.2 Å². The smallest absolute Gasteiger partial charge is 0.123 e. The molecule has 1 unspecified atom stereocenters. The molecule has 0 heterocycles. The number of hydrogen-bond acceptors (Lipinski definition) is 1. The van der Waals surface area contributed by atoms with Crippen molar-refractivity contribution >= 4 is 0 Å². The van der Waals surface area contributed by atoms with Crippen LogP contribution in [0.3, 0.4) is 0 Å². The third-order valence-electron chi connectivity index (χ3n) is 2.97. The fourth-order valence-corrected chi connectivity index (χ4v) is 2.08. The first-order valence-corrected chi connectivity index (χ1v) is 6.23. The Morgan fingerprint density at radius 1 is 1.06 bits per heavy atom. The van der Waals surface area contributed by atoms with E-state index in [1.807, 2.05) is 24.3 Å². The van der Waals surface area contributed by atoms with Crippen molar-refractivity contribution in [1.29, 1.82) is 0 Å². The summed E-state index contributed by atoms with van der Waals surface area (Å²) in [7, 11) is 0. The van der Waals surface area contributed by atoms with E-state index in [1.165, 1.54) is 17.7 Å². The molecule has 2 heteroatoms. The van der Waals surface area contributed by atoms with Gasteiger partial charge in [-0.15, -0.1) is 0 Å². The minimum Gasteiger partial charge on any atom is -0.384 e. The number of aliphatic hydroxyl groups is 1. The highest BCUT2D eigenvalue weighted by Crippen LogP contribution is 2.23. The van der Waals surface area contributed by atoms with Gasteiger partial charge in [0.05, 0.1) is 0 Å². The summed E-state index contributed by atoms with van der Waals surface area (Å²) in [5.74, 6) is -0.323. The second-order valence-corrected chi connectivity index (χ2v) is 4.45. The van der Waals surface area contributed by atoms with Gasteiger partial charge in [-0.25, -0.2) is 4.39 Å². The molecule has 1 N–H and O–H groups in total. The molecule has 0 amide bonds. The first-order valence-electron chi connectivity index (χ1n) is 6.23. The Hall–Kier alpha value is -1.67. The molecule has 0 aromatic heterocycles. The van der Waals surface area contributed by atoms with Gasteiger partial charge in [0.15, 0.2) is 0 Å². The molecule has 94 valence electrons. The minimum absolute atomic E-state index is 0.323. The minimum atomic E-state index is -0.766. The molecule has 0 saturated carbocycles. The van der Waals surface area contributed by atoms with Gasteiger partial charge in [0.25, 0.3) is 0 Å². The molecule has 18 heavy (non-hydrogen) atoms. The number of benzene rings is 2. The first kappa shape index (κ1) is 12.8. The maximum atomic E-state index is 13.1. The number of rotatable bonds is 4. The molecule has 0 radical (unpaired) electrons. The summed E-state index contributed by atoms with van der Waals surface area (Å²) < 4.78 is 13.1. The van der Waals surface area contributed by atoms with E-state index in [-0.39, 0.29) is 5.82 Å². The van der Waals surface area contributed by atoms with E-state index < -0.39 is 6.10 Å². The number of aryl methyl sites for hydroxylation is 1. The van der Waals surface area contributed by atoms with Gasteiger partial charge in [-0.1, -0.05) is 49.7 Å². The fraction of sp³-hybridized carbons (Fsp3) is 0.250. The van der Waals surface area contributed by atoms with E-state index in [1.54, 1.807) is 12.1 Å². The van der Waals surface area contributed by atoms with Crippen molar-refractivity contribution in [2.75, 3.05) is 0 Å². The standard InChI is InChI=1S/C16H17FO/c1-2-5-12-6-3-7-13(10-12)16(18)14-8-4-9-15(17)11-14/h3-4,6-11,16,18H,2,5H2,1H3. The van der Waals surface area contributed by atoms with Gasteiger partial charge in [-0.3, -0.25) is 0 Å². The van der Waals surface area contributed by atoms with Crippen molar-refractivity contribution in [3.8, 4) is 0 Å². The van der Waals surface area contributed by atoms with Crippen LogP contribution in [0.1, 0.15) is 36.1 Å². The SMILES string of the molecule is CCCc1cccc(C(O)c2cccc(F)c2)c1. The van der Waals surface area contributed by atoms with Gasteiger partial charge in [-0.05, 0) is 35.2 Å². The summed E-state index contributed by atoms with van der Waals surface area (Å²) in [6.07, 6.45) is 1.29. The molecule has 0 fully saturated rings. The molecule has 1 nitrogen and oxygen atoms in total. The van der Waals surface area contributed by atoms with Gasteiger partial charge >= 0.3 is 0 Å². The number of aliphatic hydroxyl groups excluding tert-OH is 1. The summed E-state index contributed by atoms with van der Waals surface area (Å²) in [6, 6.07) is 13.9.